The molecule has 0 aliphatic carbocycles. The van der Waals surface area contributed by atoms with Crippen molar-refractivity contribution in [2.75, 3.05) is 45.8 Å². The number of ether oxygens (including phenoxy) is 1. The number of hydrogen-bond donors (Lipinski definition) is 1. The Morgan fingerprint density at radius 3 is 2.64 bits per heavy atom. The van der Waals surface area contributed by atoms with Crippen molar-refractivity contribution >= 4 is 17.5 Å². The fourth-order valence-electron chi connectivity index (χ4n) is 2.93. The Labute approximate surface area is 156 Å². The molecule has 0 aromatic heterocycles. The normalized spacial score (nSPS) is 17.3. The molecule has 0 bridgehead atoms. The van der Waals surface area contributed by atoms with E-state index in [0.29, 0.717) is 17.3 Å². The van der Waals surface area contributed by atoms with Gasteiger partial charge in [0.05, 0.1) is 5.02 Å². The Morgan fingerprint density at radius 1 is 1.28 bits per heavy atom. The molecule has 1 aromatic rings. The van der Waals surface area contributed by atoms with E-state index < -0.39 is 6.10 Å². The topological polar surface area (TPSA) is 44.8 Å². The maximum Gasteiger partial charge on any atom is 0.260 e. The minimum absolute atomic E-state index is 0.103. The highest BCUT2D eigenvalue weighted by Crippen LogP contribution is 2.26. The van der Waals surface area contributed by atoms with Gasteiger partial charge in [-0.05, 0) is 51.1 Å². The van der Waals surface area contributed by atoms with E-state index in [1.54, 1.807) is 13.0 Å². The van der Waals surface area contributed by atoms with Crippen LogP contribution in [0.3, 0.4) is 0 Å². The van der Waals surface area contributed by atoms with Crippen LogP contribution < -0.4 is 10.1 Å². The van der Waals surface area contributed by atoms with Crippen LogP contribution in [-0.2, 0) is 4.79 Å². The summed E-state index contributed by atoms with van der Waals surface area (Å²) in [5, 5.41) is 3.48. The highest BCUT2D eigenvalue weighted by molar-refractivity contribution is 6.32. The maximum absolute atomic E-state index is 12.2. The molecule has 1 N–H and O–H groups in total. The molecule has 1 saturated heterocycles. The number of rotatable bonds is 8. The fraction of sp³-hybridized carbons (Fsp3) is 0.632. The smallest absolute Gasteiger partial charge is 0.260 e. The summed E-state index contributed by atoms with van der Waals surface area (Å²) >= 11 is 6.11. The van der Waals surface area contributed by atoms with E-state index >= 15 is 0 Å². The van der Waals surface area contributed by atoms with Crippen LogP contribution in [0, 0.1) is 6.92 Å². The van der Waals surface area contributed by atoms with Crippen LogP contribution in [0.2, 0.25) is 5.02 Å². The first kappa shape index (κ1) is 20.0. The van der Waals surface area contributed by atoms with Gasteiger partial charge in [-0.2, -0.15) is 0 Å². The lowest BCUT2D eigenvalue weighted by Gasteiger charge is -2.34. The number of amides is 1. The van der Waals surface area contributed by atoms with Crippen LogP contribution in [-0.4, -0.2) is 67.6 Å². The molecule has 140 valence electrons. The molecule has 1 aromatic carbocycles. The minimum atomic E-state index is -0.563. The summed E-state index contributed by atoms with van der Waals surface area (Å²) in [4.78, 5) is 17.1. The second-order valence-electron chi connectivity index (χ2n) is 6.61. The van der Waals surface area contributed by atoms with Gasteiger partial charge in [-0.15, -0.1) is 0 Å². The van der Waals surface area contributed by atoms with Gasteiger partial charge in [-0.25, -0.2) is 0 Å². The van der Waals surface area contributed by atoms with Crippen LogP contribution in [0.1, 0.15) is 25.8 Å². The summed E-state index contributed by atoms with van der Waals surface area (Å²) in [6.07, 6.45) is 0.392. The van der Waals surface area contributed by atoms with E-state index in [2.05, 4.69) is 22.0 Å². The van der Waals surface area contributed by atoms with Crippen molar-refractivity contribution in [2.24, 2.45) is 0 Å². The molecule has 1 fully saturated rings. The van der Waals surface area contributed by atoms with E-state index in [9.17, 15) is 4.79 Å². The van der Waals surface area contributed by atoms with E-state index in [0.717, 1.165) is 51.3 Å². The van der Waals surface area contributed by atoms with Crippen LogP contribution >= 0.6 is 11.6 Å². The molecule has 1 atom stereocenters. The van der Waals surface area contributed by atoms with Gasteiger partial charge in [0.2, 0.25) is 0 Å². The highest BCUT2D eigenvalue weighted by Gasteiger charge is 2.17. The molecule has 25 heavy (non-hydrogen) atoms. The van der Waals surface area contributed by atoms with Crippen LogP contribution in [0.15, 0.2) is 18.2 Å². The molecular formula is C19H30ClN3O2. The number of hydrogen-bond acceptors (Lipinski definition) is 4. The van der Waals surface area contributed by atoms with Crippen molar-refractivity contribution in [3.8, 4) is 5.75 Å². The molecule has 0 saturated carbocycles. The van der Waals surface area contributed by atoms with E-state index in [1.807, 2.05) is 19.1 Å². The van der Waals surface area contributed by atoms with Gasteiger partial charge in [-0.3, -0.25) is 4.79 Å². The molecule has 0 unspecified atom stereocenters. The largest absolute Gasteiger partial charge is 0.479 e. The zero-order chi connectivity index (χ0) is 18.2. The second kappa shape index (κ2) is 10.00. The zero-order valence-electron chi connectivity index (χ0n) is 15.6. The first-order chi connectivity index (χ1) is 12.0. The Morgan fingerprint density at radius 2 is 1.96 bits per heavy atom. The third-order valence-electron chi connectivity index (χ3n) is 4.62. The number of nitrogens with one attached hydrogen (secondary N) is 1. The fourth-order valence-corrected chi connectivity index (χ4v) is 3.09. The Bertz CT molecular complexity index is 560. The van der Waals surface area contributed by atoms with Gasteiger partial charge in [0.25, 0.3) is 5.91 Å². The SMILES string of the molecule is CCN1CCN(CCCNC(=O)[C@@H](C)Oc2cc(C)ccc2Cl)CC1. The van der Waals surface area contributed by atoms with Crippen molar-refractivity contribution in [3.63, 3.8) is 0 Å². The first-order valence-corrected chi connectivity index (χ1v) is 9.52. The summed E-state index contributed by atoms with van der Waals surface area (Å²) in [5.41, 5.74) is 1.05. The standard InChI is InChI=1S/C19H30ClN3O2/c1-4-22-10-12-23(13-11-22)9-5-8-21-19(24)16(3)25-18-14-15(2)6-7-17(18)20/h6-7,14,16H,4-5,8-13H2,1-3H3,(H,21,24)/t16-/m1/s1. The number of halogens is 1. The number of carbonyl (C=O) groups is 1. The molecule has 1 heterocycles. The van der Waals surface area contributed by atoms with Crippen molar-refractivity contribution in [1.29, 1.82) is 0 Å². The highest BCUT2D eigenvalue weighted by atomic mass is 35.5. The van der Waals surface area contributed by atoms with Gasteiger partial charge < -0.3 is 19.9 Å². The minimum Gasteiger partial charge on any atom is -0.479 e. The van der Waals surface area contributed by atoms with Gasteiger partial charge >= 0.3 is 0 Å². The van der Waals surface area contributed by atoms with Crippen molar-refractivity contribution in [3.05, 3.63) is 28.8 Å². The zero-order valence-corrected chi connectivity index (χ0v) is 16.3. The lowest BCUT2D eigenvalue weighted by atomic mass is 10.2. The number of piperazine rings is 1. The first-order valence-electron chi connectivity index (χ1n) is 9.15. The molecule has 0 spiro atoms. The molecule has 0 radical (unpaired) electrons. The second-order valence-corrected chi connectivity index (χ2v) is 7.02. The van der Waals surface area contributed by atoms with Crippen LogP contribution in [0.5, 0.6) is 5.75 Å². The molecule has 5 nitrogen and oxygen atoms in total. The van der Waals surface area contributed by atoms with Crippen molar-refractivity contribution in [1.82, 2.24) is 15.1 Å². The van der Waals surface area contributed by atoms with E-state index in [-0.39, 0.29) is 5.91 Å². The summed E-state index contributed by atoms with van der Waals surface area (Å²) in [5.74, 6) is 0.450. The number of nitrogens with zero attached hydrogens (tertiary/aromatic N) is 2. The van der Waals surface area contributed by atoms with Crippen LogP contribution in [0.4, 0.5) is 0 Å². The number of aryl methyl sites for hydroxylation is 1. The Kier molecular flexibility index (Phi) is 8.00. The predicted octanol–water partition coefficient (Wildman–Crippen LogP) is 2.56. The summed E-state index contributed by atoms with van der Waals surface area (Å²) in [7, 11) is 0. The van der Waals surface area contributed by atoms with Gasteiger partial charge in [-0.1, -0.05) is 24.6 Å². The van der Waals surface area contributed by atoms with E-state index in [4.69, 9.17) is 16.3 Å². The third-order valence-corrected chi connectivity index (χ3v) is 4.93. The van der Waals surface area contributed by atoms with Gasteiger partial charge in [0, 0.05) is 32.7 Å². The number of benzene rings is 1. The average Bonchev–Trinajstić information content (AvgIpc) is 2.62. The van der Waals surface area contributed by atoms with Crippen molar-refractivity contribution in [2.45, 2.75) is 33.3 Å². The Balaban J connectivity index is 1.65. The molecule has 1 aliphatic rings. The molecule has 1 amide bonds. The quantitative estimate of drug-likeness (QED) is 0.717. The number of likely N-dealkylation sites (N-methyl/N-ethyl adjacent to an activating group) is 1. The Hall–Kier alpha value is -1.30. The molecular weight excluding hydrogens is 338 g/mol. The monoisotopic (exact) mass is 367 g/mol. The number of carbonyl (C=O) groups excluding carboxylic acids is 1. The molecule has 2 rings (SSSR count). The van der Waals surface area contributed by atoms with E-state index in [1.165, 1.54) is 0 Å². The molecule has 6 heteroatoms. The summed E-state index contributed by atoms with van der Waals surface area (Å²) in [6.45, 7) is 13.3. The molecule has 1 aliphatic heterocycles. The third kappa shape index (κ3) is 6.49. The van der Waals surface area contributed by atoms with Crippen molar-refractivity contribution < 1.29 is 9.53 Å². The lowest BCUT2D eigenvalue weighted by molar-refractivity contribution is -0.127. The summed E-state index contributed by atoms with van der Waals surface area (Å²) in [6, 6.07) is 5.55. The maximum atomic E-state index is 12.2. The summed E-state index contributed by atoms with van der Waals surface area (Å²) < 4.78 is 5.70. The lowest BCUT2D eigenvalue weighted by Crippen LogP contribution is -2.46. The van der Waals surface area contributed by atoms with Gasteiger partial charge in [0.15, 0.2) is 6.10 Å². The predicted molar refractivity (Wildman–Crippen MR) is 102 cm³/mol. The average molecular weight is 368 g/mol. The van der Waals surface area contributed by atoms with Gasteiger partial charge in [0.1, 0.15) is 5.75 Å². The van der Waals surface area contributed by atoms with Crippen LogP contribution in [0.25, 0.3) is 0 Å².